The molecular formula is C14H24N2O2S. The zero-order valence-electron chi connectivity index (χ0n) is 12.2. The second kappa shape index (κ2) is 6.50. The summed E-state index contributed by atoms with van der Waals surface area (Å²) in [6.45, 7) is 9.05. The van der Waals surface area contributed by atoms with Gasteiger partial charge in [-0.3, -0.25) is 0 Å². The Kier molecular flexibility index (Phi) is 5.52. The summed E-state index contributed by atoms with van der Waals surface area (Å²) in [6.07, 6.45) is 0.535. The van der Waals surface area contributed by atoms with Gasteiger partial charge in [-0.05, 0) is 57.4 Å². The fourth-order valence-electron chi connectivity index (χ4n) is 2.57. The second-order valence-corrected chi connectivity index (χ2v) is 6.94. The third kappa shape index (κ3) is 5.30. The Labute approximate surface area is 116 Å². The fourth-order valence-corrected chi connectivity index (χ4v) is 3.11. The molecule has 0 amide bonds. The molecular weight excluding hydrogens is 260 g/mol. The van der Waals surface area contributed by atoms with Crippen molar-refractivity contribution in [1.29, 1.82) is 0 Å². The highest BCUT2D eigenvalue weighted by molar-refractivity contribution is 7.89. The predicted octanol–water partition coefficient (Wildman–Crippen LogP) is 1.94. The number of sulfonamides is 1. The molecule has 0 fully saturated rings. The van der Waals surface area contributed by atoms with Crippen LogP contribution >= 0.6 is 0 Å². The predicted molar refractivity (Wildman–Crippen MR) is 79.7 cm³/mol. The van der Waals surface area contributed by atoms with E-state index in [9.17, 15) is 8.42 Å². The molecule has 19 heavy (non-hydrogen) atoms. The van der Waals surface area contributed by atoms with Gasteiger partial charge in [0.1, 0.15) is 0 Å². The van der Waals surface area contributed by atoms with Crippen LogP contribution in [-0.4, -0.2) is 20.7 Å². The van der Waals surface area contributed by atoms with Gasteiger partial charge in [0.2, 0.25) is 10.0 Å². The standard InChI is InChI=1S/C14H24N2O2S/c1-10-8-11(2)14(12(3)9-10)13(4)16-6-5-7-19(15,17)18/h8-9,13,16H,5-7H2,1-4H3,(H2,15,17,18). The van der Waals surface area contributed by atoms with Crippen LogP contribution in [0, 0.1) is 20.8 Å². The van der Waals surface area contributed by atoms with Crippen molar-refractivity contribution in [3.8, 4) is 0 Å². The van der Waals surface area contributed by atoms with Crippen molar-refractivity contribution in [1.82, 2.24) is 5.32 Å². The first-order chi connectivity index (χ1) is 8.70. The molecule has 0 aliphatic rings. The van der Waals surface area contributed by atoms with Gasteiger partial charge in [-0.25, -0.2) is 13.6 Å². The number of aryl methyl sites for hydroxylation is 3. The van der Waals surface area contributed by atoms with Crippen LogP contribution in [0.4, 0.5) is 0 Å². The molecule has 3 N–H and O–H groups in total. The number of hydrogen-bond acceptors (Lipinski definition) is 3. The largest absolute Gasteiger partial charge is 0.310 e. The van der Waals surface area contributed by atoms with E-state index in [1.807, 2.05) is 0 Å². The lowest BCUT2D eigenvalue weighted by atomic mass is 9.95. The van der Waals surface area contributed by atoms with Gasteiger partial charge in [0, 0.05) is 6.04 Å². The molecule has 1 aromatic rings. The van der Waals surface area contributed by atoms with E-state index in [0.29, 0.717) is 13.0 Å². The number of primary sulfonamides is 1. The maximum Gasteiger partial charge on any atom is 0.209 e. The third-order valence-electron chi connectivity index (χ3n) is 3.23. The van der Waals surface area contributed by atoms with E-state index in [1.54, 1.807) is 0 Å². The molecule has 0 heterocycles. The Bertz CT molecular complexity index is 515. The first-order valence-corrected chi connectivity index (χ1v) is 8.24. The number of hydrogen-bond donors (Lipinski definition) is 2. The van der Waals surface area contributed by atoms with Crippen molar-refractivity contribution < 1.29 is 8.42 Å². The molecule has 1 unspecified atom stereocenters. The van der Waals surface area contributed by atoms with Crippen LogP contribution in [0.2, 0.25) is 0 Å². The molecule has 0 aromatic heterocycles. The molecule has 0 radical (unpaired) electrons. The molecule has 0 aliphatic heterocycles. The normalized spacial score (nSPS) is 13.5. The lowest BCUT2D eigenvalue weighted by molar-refractivity contribution is 0.557. The van der Waals surface area contributed by atoms with Gasteiger partial charge in [0.15, 0.2) is 0 Å². The van der Waals surface area contributed by atoms with Crippen LogP contribution in [-0.2, 0) is 10.0 Å². The van der Waals surface area contributed by atoms with E-state index in [0.717, 1.165) is 0 Å². The summed E-state index contributed by atoms with van der Waals surface area (Å²) in [5, 5.41) is 8.33. The third-order valence-corrected chi connectivity index (χ3v) is 4.08. The molecule has 0 bridgehead atoms. The minimum Gasteiger partial charge on any atom is -0.310 e. The van der Waals surface area contributed by atoms with Gasteiger partial charge < -0.3 is 5.32 Å². The summed E-state index contributed by atoms with van der Waals surface area (Å²) in [5.74, 6) is 0.0264. The van der Waals surface area contributed by atoms with Gasteiger partial charge in [0.05, 0.1) is 5.75 Å². The highest BCUT2D eigenvalue weighted by atomic mass is 32.2. The van der Waals surface area contributed by atoms with Crippen LogP contribution in [0.3, 0.4) is 0 Å². The summed E-state index contributed by atoms with van der Waals surface area (Å²) in [4.78, 5) is 0. The first kappa shape index (κ1) is 16.1. The van der Waals surface area contributed by atoms with Crippen molar-refractivity contribution in [3.63, 3.8) is 0 Å². The molecule has 1 aromatic carbocycles. The number of nitrogens with one attached hydrogen (secondary N) is 1. The maximum absolute atomic E-state index is 10.8. The van der Waals surface area contributed by atoms with Crippen LogP contribution in [0.25, 0.3) is 0 Å². The monoisotopic (exact) mass is 284 g/mol. The van der Waals surface area contributed by atoms with Crippen LogP contribution in [0.5, 0.6) is 0 Å². The van der Waals surface area contributed by atoms with Crippen LogP contribution < -0.4 is 10.5 Å². The molecule has 1 rings (SSSR count). The minimum atomic E-state index is -3.35. The topological polar surface area (TPSA) is 72.2 Å². The van der Waals surface area contributed by atoms with E-state index >= 15 is 0 Å². The van der Waals surface area contributed by atoms with Crippen molar-refractivity contribution in [2.45, 2.75) is 40.2 Å². The molecule has 0 saturated heterocycles. The summed E-state index contributed by atoms with van der Waals surface area (Å²) in [7, 11) is -3.35. The van der Waals surface area contributed by atoms with Crippen molar-refractivity contribution >= 4 is 10.0 Å². The first-order valence-electron chi connectivity index (χ1n) is 6.52. The van der Waals surface area contributed by atoms with E-state index in [2.05, 4.69) is 45.1 Å². The summed E-state index contributed by atoms with van der Waals surface area (Å²) < 4.78 is 21.7. The van der Waals surface area contributed by atoms with Gasteiger partial charge in [-0.2, -0.15) is 0 Å². The van der Waals surface area contributed by atoms with Crippen LogP contribution in [0.15, 0.2) is 12.1 Å². The maximum atomic E-state index is 10.8. The number of benzene rings is 1. The van der Waals surface area contributed by atoms with Crippen molar-refractivity contribution in [3.05, 3.63) is 34.4 Å². The number of nitrogens with two attached hydrogens (primary N) is 1. The summed E-state index contributed by atoms with van der Waals surface area (Å²) >= 11 is 0. The second-order valence-electron chi connectivity index (χ2n) is 5.21. The highest BCUT2D eigenvalue weighted by Crippen LogP contribution is 2.23. The zero-order chi connectivity index (χ0) is 14.6. The number of rotatable bonds is 6. The molecule has 0 aliphatic carbocycles. The van der Waals surface area contributed by atoms with Gasteiger partial charge >= 0.3 is 0 Å². The average molecular weight is 284 g/mol. The Morgan fingerprint density at radius 1 is 1.21 bits per heavy atom. The average Bonchev–Trinajstić information content (AvgIpc) is 2.21. The molecule has 0 spiro atoms. The Hall–Kier alpha value is -0.910. The minimum absolute atomic E-state index is 0.0264. The Balaban J connectivity index is 2.62. The lowest BCUT2D eigenvalue weighted by Gasteiger charge is -2.19. The Morgan fingerprint density at radius 2 is 1.74 bits per heavy atom. The molecule has 4 nitrogen and oxygen atoms in total. The summed E-state index contributed by atoms with van der Waals surface area (Å²) in [5.41, 5.74) is 5.09. The van der Waals surface area contributed by atoms with E-state index < -0.39 is 10.0 Å². The van der Waals surface area contributed by atoms with Crippen LogP contribution in [0.1, 0.15) is 41.6 Å². The van der Waals surface area contributed by atoms with E-state index in [-0.39, 0.29) is 11.8 Å². The zero-order valence-corrected chi connectivity index (χ0v) is 13.0. The quantitative estimate of drug-likeness (QED) is 0.784. The van der Waals surface area contributed by atoms with Crippen molar-refractivity contribution in [2.24, 2.45) is 5.14 Å². The van der Waals surface area contributed by atoms with E-state index in [1.165, 1.54) is 22.3 Å². The molecule has 0 saturated carbocycles. The molecule has 1 atom stereocenters. The van der Waals surface area contributed by atoms with E-state index in [4.69, 9.17) is 5.14 Å². The summed E-state index contributed by atoms with van der Waals surface area (Å²) in [6, 6.07) is 4.55. The SMILES string of the molecule is Cc1cc(C)c(C(C)NCCCS(N)(=O)=O)c(C)c1. The van der Waals surface area contributed by atoms with Gasteiger partial charge in [-0.1, -0.05) is 17.7 Å². The lowest BCUT2D eigenvalue weighted by Crippen LogP contribution is -2.25. The smallest absolute Gasteiger partial charge is 0.209 e. The van der Waals surface area contributed by atoms with Gasteiger partial charge in [0.25, 0.3) is 0 Å². The van der Waals surface area contributed by atoms with Gasteiger partial charge in [-0.15, -0.1) is 0 Å². The molecule has 108 valence electrons. The molecule has 5 heteroatoms. The Morgan fingerprint density at radius 3 is 2.21 bits per heavy atom. The highest BCUT2D eigenvalue weighted by Gasteiger charge is 2.11. The van der Waals surface area contributed by atoms with Crippen molar-refractivity contribution in [2.75, 3.05) is 12.3 Å². The fraction of sp³-hybridized carbons (Fsp3) is 0.571.